The lowest BCUT2D eigenvalue weighted by molar-refractivity contribution is -0.463. The van der Waals surface area contributed by atoms with Gasteiger partial charge in [0, 0.05) is 38.8 Å². The van der Waals surface area contributed by atoms with Crippen molar-refractivity contribution in [2.75, 3.05) is 0 Å². The summed E-state index contributed by atoms with van der Waals surface area (Å²) in [5.74, 6) is 0. The van der Waals surface area contributed by atoms with Crippen LogP contribution in [-0.4, -0.2) is 4.98 Å². The Hall–Kier alpha value is -2.68. The van der Waals surface area contributed by atoms with Crippen molar-refractivity contribution in [1.29, 1.82) is 0 Å². The topological polar surface area (TPSA) is 38.8 Å². The zero-order chi connectivity index (χ0) is 12.8. The van der Waals surface area contributed by atoms with E-state index in [2.05, 4.69) is 11.1 Å². The Balaban J connectivity index is 2.31. The highest BCUT2D eigenvalue weighted by molar-refractivity contribution is 6.10. The molecule has 0 saturated carbocycles. The molecule has 2 aromatic heterocycles. The fraction of sp³-hybridized carbons (Fsp3) is 0. The number of para-hydroxylation sites is 1. The number of aromatic nitrogens is 2. The van der Waals surface area contributed by atoms with Crippen LogP contribution in [0.2, 0.25) is 0 Å². The SMILES string of the molecule is O=[n+]1ccccc2cc3[nH]c4ccccc4c3cc21. The Bertz CT molecular complexity index is 986. The highest BCUT2D eigenvalue weighted by Gasteiger charge is 2.10. The molecule has 0 spiro atoms. The summed E-state index contributed by atoms with van der Waals surface area (Å²) in [4.78, 5) is 15.4. The van der Waals surface area contributed by atoms with Crippen molar-refractivity contribution in [3.8, 4) is 0 Å². The lowest BCUT2D eigenvalue weighted by Gasteiger charge is -1.90. The predicted molar refractivity (Wildman–Crippen MR) is 76.7 cm³/mol. The van der Waals surface area contributed by atoms with E-state index >= 15 is 0 Å². The molecule has 0 aliphatic carbocycles. The largest absolute Gasteiger partial charge is 0.354 e. The standard InChI is InChI=1S/C16H11N2O/c19-18-8-4-3-5-11-9-15-13(10-16(11)18)12-6-1-2-7-14(12)17-15/h1-10,17H/q+1. The van der Waals surface area contributed by atoms with Gasteiger partial charge in [-0.1, -0.05) is 24.3 Å². The van der Waals surface area contributed by atoms with Crippen LogP contribution < -0.4 is 4.43 Å². The molecule has 0 aliphatic rings. The second kappa shape index (κ2) is 3.65. The Morgan fingerprint density at radius 1 is 0.842 bits per heavy atom. The van der Waals surface area contributed by atoms with E-state index < -0.39 is 0 Å². The van der Waals surface area contributed by atoms with E-state index in [-0.39, 0.29) is 0 Å². The molecule has 2 heterocycles. The number of benzene rings is 2. The normalized spacial score (nSPS) is 11.4. The Morgan fingerprint density at radius 2 is 1.68 bits per heavy atom. The van der Waals surface area contributed by atoms with Gasteiger partial charge in [-0.25, -0.2) is 0 Å². The summed E-state index contributed by atoms with van der Waals surface area (Å²) >= 11 is 0. The molecule has 0 atom stereocenters. The first kappa shape index (κ1) is 10.3. The third-order valence-corrected chi connectivity index (χ3v) is 3.50. The zero-order valence-electron chi connectivity index (χ0n) is 10.1. The molecule has 0 bridgehead atoms. The summed E-state index contributed by atoms with van der Waals surface area (Å²) in [7, 11) is 0. The Morgan fingerprint density at radius 3 is 2.63 bits per heavy atom. The maximum absolute atomic E-state index is 12.0. The van der Waals surface area contributed by atoms with E-state index in [0.717, 1.165) is 31.6 Å². The number of nitrogens with zero attached hydrogens (tertiary/aromatic N) is 1. The molecule has 19 heavy (non-hydrogen) atoms. The van der Waals surface area contributed by atoms with Gasteiger partial charge in [0.05, 0.1) is 9.81 Å². The van der Waals surface area contributed by atoms with Crippen molar-refractivity contribution in [2.24, 2.45) is 0 Å². The van der Waals surface area contributed by atoms with Crippen LogP contribution in [-0.2, 0) is 0 Å². The van der Waals surface area contributed by atoms with Crippen LogP contribution in [0.5, 0.6) is 0 Å². The second-order valence-electron chi connectivity index (χ2n) is 4.65. The van der Waals surface area contributed by atoms with Gasteiger partial charge in [0.2, 0.25) is 6.20 Å². The van der Waals surface area contributed by atoms with Gasteiger partial charge in [0.1, 0.15) is 0 Å². The number of nitrogens with one attached hydrogen (secondary N) is 1. The molecule has 4 aromatic rings. The lowest BCUT2D eigenvalue weighted by atomic mass is 10.1. The van der Waals surface area contributed by atoms with Gasteiger partial charge in [-0.15, -0.1) is 0 Å². The summed E-state index contributed by atoms with van der Waals surface area (Å²) in [5.41, 5.74) is 2.83. The van der Waals surface area contributed by atoms with Crippen LogP contribution >= 0.6 is 0 Å². The van der Waals surface area contributed by atoms with Crippen LogP contribution in [0.25, 0.3) is 32.7 Å². The molecule has 3 nitrogen and oxygen atoms in total. The number of hydrogen-bond acceptors (Lipinski definition) is 1. The van der Waals surface area contributed by atoms with Gasteiger partial charge in [-0.3, -0.25) is 0 Å². The van der Waals surface area contributed by atoms with Crippen molar-refractivity contribution in [3.05, 3.63) is 65.7 Å². The maximum atomic E-state index is 12.0. The van der Waals surface area contributed by atoms with E-state index in [4.69, 9.17) is 0 Å². The minimum Gasteiger partial charge on any atom is -0.354 e. The molecule has 0 saturated heterocycles. The molecule has 0 aliphatic heterocycles. The highest BCUT2D eigenvalue weighted by atomic mass is 16.3. The van der Waals surface area contributed by atoms with Gasteiger partial charge in [-0.05, 0) is 18.2 Å². The molecule has 2 aromatic carbocycles. The zero-order valence-corrected chi connectivity index (χ0v) is 10.1. The fourth-order valence-corrected chi connectivity index (χ4v) is 2.60. The minimum atomic E-state index is 0.683. The Kier molecular flexibility index (Phi) is 1.97. The second-order valence-corrected chi connectivity index (χ2v) is 4.65. The van der Waals surface area contributed by atoms with Crippen molar-refractivity contribution in [3.63, 3.8) is 0 Å². The highest BCUT2D eigenvalue weighted by Crippen LogP contribution is 2.27. The molecule has 0 unspecified atom stereocenters. The first-order chi connectivity index (χ1) is 9.33. The summed E-state index contributed by atoms with van der Waals surface area (Å²) in [5, 5.41) is 3.16. The van der Waals surface area contributed by atoms with Crippen LogP contribution in [0.1, 0.15) is 0 Å². The molecule has 0 fully saturated rings. The third kappa shape index (κ3) is 1.45. The summed E-state index contributed by atoms with van der Waals surface area (Å²) in [6.45, 7) is 0. The molecular weight excluding hydrogens is 236 g/mol. The van der Waals surface area contributed by atoms with E-state index in [1.54, 1.807) is 6.07 Å². The molecule has 0 amide bonds. The third-order valence-electron chi connectivity index (χ3n) is 3.50. The number of rotatable bonds is 0. The van der Waals surface area contributed by atoms with Crippen molar-refractivity contribution < 1.29 is 4.43 Å². The van der Waals surface area contributed by atoms with E-state index in [1.165, 1.54) is 6.20 Å². The van der Waals surface area contributed by atoms with E-state index in [9.17, 15) is 4.91 Å². The average Bonchev–Trinajstić information content (AvgIpc) is 2.69. The number of aromatic amines is 1. The lowest BCUT2D eigenvalue weighted by Crippen LogP contribution is -2.10. The van der Waals surface area contributed by atoms with Crippen LogP contribution in [0.4, 0.5) is 0 Å². The first-order valence-corrected chi connectivity index (χ1v) is 6.19. The fourth-order valence-electron chi connectivity index (χ4n) is 2.60. The molecule has 4 rings (SSSR count). The van der Waals surface area contributed by atoms with Crippen LogP contribution in [0, 0.1) is 4.91 Å². The van der Waals surface area contributed by atoms with Crippen molar-refractivity contribution in [1.82, 2.24) is 4.98 Å². The number of hydrogen-bond donors (Lipinski definition) is 1. The molecule has 90 valence electrons. The minimum absolute atomic E-state index is 0.683. The van der Waals surface area contributed by atoms with Crippen molar-refractivity contribution in [2.45, 2.75) is 0 Å². The van der Waals surface area contributed by atoms with Gasteiger partial charge >= 0.3 is 0 Å². The average molecular weight is 247 g/mol. The van der Waals surface area contributed by atoms with E-state index in [0.29, 0.717) is 5.52 Å². The predicted octanol–water partition coefficient (Wildman–Crippen LogP) is 3.39. The van der Waals surface area contributed by atoms with Gasteiger partial charge in [0.25, 0.3) is 5.52 Å². The number of H-pyrrole nitrogens is 1. The van der Waals surface area contributed by atoms with Gasteiger partial charge < -0.3 is 4.98 Å². The van der Waals surface area contributed by atoms with E-state index in [1.807, 2.05) is 42.5 Å². The van der Waals surface area contributed by atoms with Crippen LogP contribution in [0.3, 0.4) is 0 Å². The monoisotopic (exact) mass is 247 g/mol. The molecule has 1 N–H and O–H groups in total. The summed E-state index contributed by atoms with van der Waals surface area (Å²) < 4.78 is 0.913. The maximum Gasteiger partial charge on any atom is 0.270 e. The smallest absolute Gasteiger partial charge is 0.270 e. The number of fused-ring (bicyclic) bond motifs is 4. The first-order valence-electron chi connectivity index (χ1n) is 6.19. The van der Waals surface area contributed by atoms with Gasteiger partial charge in [0.15, 0.2) is 0 Å². The molecule has 0 radical (unpaired) electrons. The molecular formula is C16H11N2O+. The Labute approximate surface area is 108 Å². The van der Waals surface area contributed by atoms with Crippen LogP contribution in [0.15, 0.2) is 60.8 Å². The van der Waals surface area contributed by atoms with Crippen molar-refractivity contribution >= 4 is 32.7 Å². The molecule has 3 heteroatoms. The summed E-state index contributed by atoms with van der Waals surface area (Å²) in [6, 6.07) is 17.7. The quantitative estimate of drug-likeness (QED) is 0.475. The van der Waals surface area contributed by atoms with Gasteiger partial charge in [-0.2, -0.15) is 0 Å². The summed E-state index contributed by atoms with van der Waals surface area (Å²) in [6.07, 6.45) is 1.53.